The Morgan fingerprint density at radius 1 is 1.35 bits per heavy atom. The van der Waals surface area contributed by atoms with Gasteiger partial charge in [0.15, 0.2) is 0 Å². The van der Waals surface area contributed by atoms with Crippen molar-refractivity contribution in [2.24, 2.45) is 0 Å². The molecule has 1 N–H and O–H groups in total. The van der Waals surface area contributed by atoms with Crippen LogP contribution in [0, 0.1) is 0 Å². The minimum atomic E-state index is -0.144. The molecule has 5 heteroatoms. The lowest BCUT2D eigenvalue weighted by molar-refractivity contribution is 0.0128. The number of benzene rings is 1. The van der Waals surface area contributed by atoms with Gasteiger partial charge in [0.1, 0.15) is 12.7 Å². The average molecular weight is 274 g/mol. The van der Waals surface area contributed by atoms with E-state index in [4.69, 9.17) is 4.74 Å². The van der Waals surface area contributed by atoms with Gasteiger partial charge < -0.3 is 10.1 Å². The minimum Gasteiger partial charge on any atom is -0.381 e. The monoisotopic (exact) mass is 274 g/mol. The molecule has 0 aliphatic carbocycles. The number of methoxy groups -OCH3 is 1. The normalized spacial score (nSPS) is 13.2. The van der Waals surface area contributed by atoms with Gasteiger partial charge in [0.05, 0.1) is 17.0 Å². The van der Waals surface area contributed by atoms with E-state index in [1.54, 1.807) is 18.1 Å². The fourth-order valence-electron chi connectivity index (χ4n) is 2.27. The first kappa shape index (κ1) is 14.5. The number of hydrogen-bond donors (Lipinski definition) is 1. The maximum Gasteiger partial charge on any atom is 0.138 e. The van der Waals surface area contributed by atoms with Gasteiger partial charge in [0.25, 0.3) is 0 Å². The largest absolute Gasteiger partial charge is 0.381 e. The number of aromatic nitrogens is 3. The molecule has 1 aromatic heterocycles. The van der Waals surface area contributed by atoms with Gasteiger partial charge in [-0.25, -0.2) is 9.67 Å². The van der Waals surface area contributed by atoms with Crippen LogP contribution in [-0.2, 0) is 4.74 Å². The second-order valence-corrected chi connectivity index (χ2v) is 5.57. The van der Waals surface area contributed by atoms with Gasteiger partial charge in [0, 0.05) is 13.2 Å². The number of nitrogens with zero attached hydrogens (tertiary/aromatic N) is 3. The topological polar surface area (TPSA) is 52.0 Å². The Kier molecular flexibility index (Phi) is 4.39. The van der Waals surface area contributed by atoms with E-state index in [-0.39, 0.29) is 11.6 Å². The highest BCUT2D eigenvalue weighted by Gasteiger charge is 2.20. The zero-order chi connectivity index (χ0) is 14.6. The van der Waals surface area contributed by atoms with Gasteiger partial charge in [-0.1, -0.05) is 12.1 Å². The third-order valence-electron chi connectivity index (χ3n) is 3.32. The van der Waals surface area contributed by atoms with Crippen molar-refractivity contribution >= 4 is 5.69 Å². The Bertz CT molecular complexity index is 537. The Morgan fingerprint density at radius 2 is 2.10 bits per heavy atom. The summed E-state index contributed by atoms with van der Waals surface area (Å²) < 4.78 is 7.24. The van der Waals surface area contributed by atoms with E-state index in [1.165, 1.54) is 6.33 Å². The van der Waals surface area contributed by atoms with Crippen LogP contribution in [0.3, 0.4) is 0 Å². The molecule has 0 spiro atoms. The van der Waals surface area contributed by atoms with Crippen molar-refractivity contribution in [2.75, 3.05) is 12.4 Å². The summed E-state index contributed by atoms with van der Waals surface area (Å²) >= 11 is 0. The van der Waals surface area contributed by atoms with E-state index in [9.17, 15) is 0 Å². The van der Waals surface area contributed by atoms with Gasteiger partial charge in [0.2, 0.25) is 0 Å². The summed E-state index contributed by atoms with van der Waals surface area (Å²) in [6.07, 6.45) is 4.15. The molecule has 0 saturated carbocycles. The molecular formula is C15H22N4O. The van der Waals surface area contributed by atoms with Crippen molar-refractivity contribution in [3.8, 4) is 5.69 Å². The van der Waals surface area contributed by atoms with E-state index in [0.717, 1.165) is 17.8 Å². The Hall–Kier alpha value is -1.88. The maximum atomic E-state index is 5.48. The first-order valence-electron chi connectivity index (χ1n) is 6.77. The van der Waals surface area contributed by atoms with E-state index >= 15 is 0 Å². The number of para-hydroxylation sites is 2. The van der Waals surface area contributed by atoms with E-state index < -0.39 is 0 Å². The number of ether oxygens (including phenoxy) is 1. The number of hydrogen-bond acceptors (Lipinski definition) is 4. The van der Waals surface area contributed by atoms with E-state index in [2.05, 4.69) is 36.2 Å². The van der Waals surface area contributed by atoms with Crippen LogP contribution in [-0.4, -0.2) is 33.5 Å². The lowest BCUT2D eigenvalue weighted by Gasteiger charge is -2.28. The summed E-state index contributed by atoms with van der Waals surface area (Å²) in [5.74, 6) is 0. The van der Waals surface area contributed by atoms with Crippen LogP contribution in [0.15, 0.2) is 36.9 Å². The zero-order valence-electron chi connectivity index (χ0n) is 12.5. The molecule has 108 valence electrons. The van der Waals surface area contributed by atoms with Crippen LogP contribution < -0.4 is 5.32 Å². The van der Waals surface area contributed by atoms with E-state index in [0.29, 0.717) is 0 Å². The lowest BCUT2D eigenvalue weighted by Crippen LogP contribution is -2.31. The predicted molar refractivity (Wildman–Crippen MR) is 80.1 cm³/mol. The average Bonchev–Trinajstić information content (AvgIpc) is 2.92. The van der Waals surface area contributed by atoms with Crippen LogP contribution in [0.1, 0.15) is 27.2 Å². The first-order chi connectivity index (χ1) is 9.52. The van der Waals surface area contributed by atoms with Crippen molar-refractivity contribution in [3.63, 3.8) is 0 Å². The SMILES string of the molecule is COC(C)(C)CC(C)Nc1ccccc1-n1cncn1. The Balaban J connectivity index is 2.14. The second-order valence-electron chi connectivity index (χ2n) is 5.57. The maximum absolute atomic E-state index is 5.48. The quantitative estimate of drug-likeness (QED) is 0.880. The summed E-state index contributed by atoms with van der Waals surface area (Å²) in [5, 5.41) is 7.71. The van der Waals surface area contributed by atoms with Crippen molar-refractivity contribution in [3.05, 3.63) is 36.9 Å². The highest BCUT2D eigenvalue weighted by atomic mass is 16.5. The van der Waals surface area contributed by atoms with Crippen LogP contribution in [0.2, 0.25) is 0 Å². The standard InChI is InChI=1S/C15H22N4O/c1-12(9-15(2,3)20-4)18-13-7-5-6-8-14(13)19-11-16-10-17-19/h5-8,10-12,18H,9H2,1-4H3. The molecule has 1 aromatic carbocycles. The summed E-state index contributed by atoms with van der Waals surface area (Å²) in [6.45, 7) is 6.34. The van der Waals surface area contributed by atoms with Gasteiger partial charge in [-0.05, 0) is 39.3 Å². The molecular weight excluding hydrogens is 252 g/mol. The summed E-state index contributed by atoms with van der Waals surface area (Å²) in [6, 6.07) is 8.36. The molecule has 20 heavy (non-hydrogen) atoms. The molecule has 2 rings (SSSR count). The zero-order valence-corrected chi connectivity index (χ0v) is 12.5. The van der Waals surface area contributed by atoms with Gasteiger partial charge >= 0.3 is 0 Å². The molecule has 1 unspecified atom stereocenters. The smallest absolute Gasteiger partial charge is 0.138 e. The van der Waals surface area contributed by atoms with Crippen molar-refractivity contribution < 1.29 is 4.74 Å². The highest BCUT2D eigenvalue weighted by molar-refractivity contribution is 5.60. The third kappa shape index (κ3) is 3.57. The number of rotatable bonds is 6. The molecule has 2 aromatic rings. The molecule has 0 aliphatic rings. The third-order valence-corrected chi connectivity index (χ3v) is 3.32. The van der Waals surface area contributed by atoms with Crippen LogP contribution >= 0.6 is 0 Å². The van der Waals surface area contributed by atoms with Gasteiger partial charge in [-0.3, -0.25) is 0 Å². The summed E-state index contributed by atoms with van der Waals surface area (Å²) in [7, 11) is 1.75. The van der Waals surface area contributed by atoms with Crippen LogP contribution in [0.4, 0.5) is 5.69 Å². The van der Waals surface area contributed by atoms with Crippen molar-refractivity contribution in [1.82, 2.24) is 14.8 Å². The number of nitrogens with one attached hydrogen (secondary N) is 1. The summed E-state index contributed by atoms with van der Waals surface area (Å²) in [5.41, 5.74) is 1.89. The van der Waals surface area contributed by atoms with Crippen molar-refractivity contribution in [2.45, 2.75) is 38.8 Å². The lowest BCUT2D eigenvalue weighted by atomic mass is 9.99. The number of anilines is 1. The molecule has 1 heterocycles. The molecule has 0 bridgehead atoms. The highest BCUT2D eigenvalue weighted by Crippen LogP contribution is 2.23. The van der Waals surface area contributed by atoms with Crippen LogP contribution in [0.25, 0.3) is 5.69 Å². The predicted octanol–water partition coefficient (Wildman–Crippen LogP) is 2.88. The molecule has 1 atom stereocenters. The Labute approximate surface area is 120 Å². The van der Waals surface area contributed by atoms with E-state index in [1.807, 2.05) is 24.3 Å². The van der Waals surface area contributed by atoms with Gasteiger partial charge in [-0.2, -0.15) is 5.10 Å². The fraction of sp³-hybridized carbons (Fsp3) is 0.467. The molecule has 0 amide bonds. The first-order valence-corrected chi connectivity index (χ1v) is 6.77. The summed E-state index contributed by atoms with van der Waals surface area (Å²) in [4.78, 5) is 4.00. The Morgan fingerprint density at radius 3 is 2.75 bits per heavy atom. The molecule has 0 radical (unpaired) electrons. The van der Waals surface area contributed by atoms with Crippen molar-refractivity contribution in [1.29, 1.82) is 0 Å². The fourth-order valence-corrected chi connectivity index (χ4v) is 2.27. The second kappa shape index (κ2) is 6.05. The molecule has 0 saturated heterocycles. The molecule has 0 fully saturated rings. The van der Waals surface area contributed by atoms with Crippen LogP contribution in [0.5, 0.6) is 0 Å². The molecule has 5 nitrogen and oxygen atoms in total. The minimum absolute atomic E-state index is 0.144. The van der Waals surface area contributed by atoms with Gasteiger partial charge in [-0.15, -0.1) is 0 Å². The molecule has 0 aliphatic heterocycles.